The third kappa shape index (κ3) is 1.46. The monoisotopic (exact) mass is 238 g/mol. The van der Waals surface area contributed by atoms with Gasteiger partial charge in [-0.05, 0) is 13.8 Å². The van der Waals surface area contributed by atoms with Crippen molar-refractivity contribution in [2.24, 2.45) is 0 Å². The predicted octanol–water partition coefficient (Wildman–Crippen LogP) is 2.62. The topological polar surface area (TPSA) is 56.7 Å². The SMILES string of the molecule is Cc1nn(-c2cncc3ccccc23)c(C)c1N. The third-order valence-corrected chi connectivity index (χ3v) is 3.22. The molecule has 4 heteroatoms. The fraction of sp³-hybridized carbons (Fsp3) is 0.143. The average Bonchev–Trinajstić information content (AvgIpc) is 2.66. The van der Waals surface area contributed by atoms with Gasteiger partial charge < -0.3 is 5.73 Å². The molecule has 2 aromatic heterocycles. The lowest BCUT2D eigenvalue weighted by Gasteiger charge is -2.07. The summed E-state index contributed by atoms with van der Waals surface area (Å²) in [7, 11) is 0. The number of nitrogen functional groups attached to an aromatic ring is 1. The molecule has 18 heavy (non-hydrogen) atoms. The van der Waals surface area contributed by atoms with Crippen molar-refractivity contribution in [3.8, 4) is 5.69 Å². The third-order valence-electron chi connectivity index (χ3n) is 3.22. The zero-order valence-electron chi connectivity index (χ0n) is 10.4. The molecule has 0 aliphatic carbocycles. The van der Waals surface area contributed by atoms with Crippen LogP contribution in [-0.4, -0.2) is 14.8 Å². The number of benzene rings is 1. The van der Waals surface area contributed by atoms with Gasteiger partial charge in [0.2, 0.25) is 0 Å². The molecule has 0 atom stereocenters. The first-order valence-electron chi connectivity index (χ1n) is 5.83. The summed E-state index contributed by atoms with van der Waals surface area (Å²) in [5.74, 6) is 0. The molecule has 0 bridgehead atoms. The van der Waals surface area contributed by atoms with Crippen LogP contribution in [0, 0.1) is 13.8 Å². The molecule has 0 radical (unpaired) electrons. The molecule has 0 unspecified atom stereocenters. The van der Waals surface area contributed by atoms with Gasteiger partial charge in [-0.25, -0.2) is 4.68 Å². The Bertz CT molecular complexity index is 722. The maximum atomic E-state index is 5.98. The fourth-order valence-corrected chi connectivity index (χ4v) is 2.16. The molecule has 2 heterocycles. The van der Waals surface area contributed by atoms with Gasteiger partial charge in [0.1, 0.15) is 0 Å². The minimum atomic E-state index is 0.739. The molecule has 0 saturated carbocycles. The molecule has 3 rings (SSSR count). The van der Waals surface area contributed by atoms with Crippen LogP contribution >= 0.6 is 0 Å². The summed E-state index contributed by atoms with van der Waals surface area (Å²) in [6, 6.07) is 8.13. The summed E-state index contributed by atoms with van der Waals surface area (Å²) in [4.78, 5) is 4.27. The van der Waals surface area contributed by atoms with E-state index < -0.39 is 0 Å². The van der Waals surface area contributed by atoms with Gasteiger partial charge in [-0.1, -0.05) is 24.3 Å². The number of aryl methyl sites for hydroxylation is 1. The Morgan fingerprint density at radius 3 is 2.61 bits per heavy atom. The van der Waals surface area contributed by atoms with Crippen molar-refractivity contribution in [2.75, 3.05) is 5.73 Å². The molecule has 0 fully saturated rings. The van der Waals surface area contributed by atoms with Crippen molar-refractivity contribution in [1.29, 1.82) is 0 Å². The quantitative estimate of drug-likeness (QED) is 0.709. The van der Waals surface area contributed by atoms with Crippen LogP contribution in [0.5, 0.6) is 0 Å². The Morgan fingerprint density at radius 2 is 1.89 bits per heavy atom. The van der Waals surface area contributed by atoms with E-state index in [1.54, 1.807) is 0 Å². The second kappa shape index (κ2) is 3.84. The number of aromatic nitrogens is 3. The van der Waals surface area contributed by atoms with Crippen molar-refractivity contribution >= 4 is 16.5 Å². The summed E-state index contributed by atoms with van der Waals surface area (Å²) in [5.41, 5.74) is 9.48. The highest BCUT2D eigenvalue weighted by atomic mass is 15.3. The number of fused-ring (bicyclic) bond motifs is 1. The number of hydrogen-bond donors (Lipinski definition) is 1. The minimum Gasteiger partial charge on any atom is -0.396 e. The molecule has 0 saturated heterocycles. The first kappa shape index (κ1) is 10.8. The van der Waals surface area contributed by atoms with Crippen LogP contribution in [0.25, 0.3) is 16.5 Å². The van der Waals surface area contributed by atoms with E-state index in [4.69, 9.17) is 5.73 Å². The van der Waals surface area contributed by atoms with Crippen LogP contribution in [0.1, 0.15) is 11.4 Å². The highest BCUT2D eigenvalue weighted by Crippen LogP contribution is 2.24. The first-order chi connectivity index (χ1) is 8.68. The average molecular weight is 238 g/mol. The Morgan fingerprint density at radius 1 is 1.11 bits per heavy atom. The summed E-state index contributed by atoms with van der Waals surface area (Å²) in [6.07, 6.45) is 3.68. The largest absolute Gasteiger partial charge is 0.396 e. The molecule has 4 nitrogen and oxygen atoms in total. The maximum absolute atomic E-state index is 5.98. The summed E-state index contributed by atoms with van der Waals surface area (Å²) >= 11 is 0. The lowest BCUT2D eigenvalue weighted by atomic mass is 10.1. The van der Waals surface area contributed by atoms with Gasteiger partial charge in [-0.3, -0.25) is 4.98 Å². The number of anilines is 1. The van der Waals surface area contributed by atoms with Crippen molar-refractivity contribution in [3.05, 3.63) is 48.0 Å². The number of rotatable bonds is 1. The second-order valence-corrected chi connectivity index (χ2v) is 4.38. The summed E-state index contributed by atoms with van der Waals surface area (Å²) in [5, 5.41) is 6.70. The molecule has 90 valence electrons. The number of hydrogen-bond acceptors (Lipinski definition) is 3. The smallest absolute Gasteiger partial charge is 0.0911 e. The van der Waals surface area contributed by atoms with Gasteiger partial charge >= 0.3 is 0 Å². The highest BCUT2D eigenvalue weighted by molar-refractivity contribution is 5.89. The summed E-state index contributed by atoms with van der Waals surface area (Å²) < 4.78 is 1.86. The number of nitrogens with two attached hydrogens (primary N) is 1. The lowest BCUT2D eigenvalue weighted by Crippen LogP contribution is -2.01. The van der Waals surface area contributed by atoms with Gasteiger partial charge in [-0.15, -0.1) is 0 Å². The van der Waals surface area contributed by atoms with E-state index in [9.17, 15) is 0 Å². The van der Waals surface area contributed by atoms with E-state index >= 15 is 0 Å². The normalized spacial score (nSPS) is 11.0. The van der Waals surface area contributed by atoms with Crippen LogP contribution in [0.15, 0.2) is 36.7 Å². The molecule has 0 amide bonds. The van der Waals surface area contributed by atoms with Crippen LogP contribution < -0.4 is 5.73 Å². The lowest BCUT2D eigenvalue weighted by molar-refractivity contribution is 0.835. The van der Waals surface area contributed by atoms with Gasteiger partial charge in [0.25, 0.3) is 0 Å². The summed E-state index contributed by atoms with van der Waals surface area (Å²) in [6.45, 7) is 3.88. The fourth-order valence-electron chi connectivity index (χ4n) is 2.16. The van der Waals surface area contributed by atoms with Crippen molar-refractivity contribution in [1.82, 2.24) is 14.8 Å². The molecular formula is C14H14N4. The van der Waals surface area contributed by atoms with Crippen LogP contribution in [0.2, 0.25) is 0 Å². The molecular weight excluding hydrogens is 224 g/mol. The second-order valence-electron chi connectivity index (χ2n) is 4.38. The van der Waals surface area contributed by atoms with Gasteiger partial charge in [0.15, 0.2) is 0 Å². The number of pyridine rings is 1. The molecule has 2 N–H and O–H groups in total. The predicted molar refractivity (Wildman–Crippen MR) is 72.8 cm³/mol. The minimum absolute atomic E-state index is 0.739. The molecule has 1 aromatic carbocycles. The van der Waals surface area contributed by atoms with E-state index in [1.165, 1.54) is 0 Å². The van der Waals surface area contributed by atoms with Crippen molar-refractivity contribution in [2.45, 2.75) is 13.8 Å². The van der Waals surface area contributed by atoms with Crippen molar-refractivity contribution < 1.29 is 0 Å². The van der Waals surface area contributed by atoms with Crippen LogP contribution in [0.4, 0.5) is 5.69 Å². The zero-order valence-corrected chi connectivity index (χ0v) is 10.4. The maximum Gasteiger partial charge on any atom is 0.0911 e. The molecule has 3 aromatic rings. The van der Waals surface area contributed by atoms with E-state index in [0.717, 1.165) is 33.5 Å². The van der Waals surface area contributed by atoms with E-state index in [-0.39, 0.29) is 0 Å². The Hall–Kier alpha value is -2.36. The Kier molecular flexibility index (Phi) is 2.30. The highest BCUT2D eigenvalue weighted by Gasteiger charge is 2.12. The van der Waals surface area contributed by atoms with Crippen LogP contribution in [0.3, 0.4) is 0 Å². The van der Waals surface area contributed by atoms with E-state index in [2.05, 4.69) is 16.1 Å². The van der Waals surface area contributed by atoms with Crippen molar-refractivity contribution in [3.63, 3.8) is 0 Å². The van der Waals surface area contributed by atoms with E-state index in [0.29, 0.717) is 0 Å². The number of nitrogens with zero attached hydrogens (tertiary/aromatic N) is 3. The van der Waals surface area contributed by atoms with Gasteiger partial charge in [0, 0.05) is 17.0 Å². The zero-order chi connectivity index (χ0) is 12.7. The molecule has 0 aliphatic rings. The Balaban J connectivity index is 2.35. The standard InChI is InChI=1S/C14H14N4/c1-9-14(15)10(2)18(17-9)13-8-16-7-11-5-3-4-6-12(11)13/h3-8H,15H2,1-2H3. The van der Waals surface area contributed by atoms with Gasteiger partial charge in [0.05, 0.1) is 29.0 Å². The first-order valence-corrected chi connectivity index (χ1v) is 5.83. The van der Waals surface area contributed by atoms with Gasteiger partial charge in [-0.2, -0.15) is 5.10 Å². The molecule has 0 spiro atoms. The van der Waals surface area contributed by atoms with Crippen LogP contribution in [-0.2, 0) is 0 Å². The molecule has 0 aliphatic heterocycles. The Labute approximate surface area is 105 Å². The van der Waals surface area contributed by atoms with E-state index in [1.807, 2.05) is 49.1 Å².